The second-order valence-corrected chi connectivity index (χ2v) is 7.12. The number of hydrogen-bond donors (Lipinski definition) is 1. The molecule has 1 aliphatic rings. The number of nitrogens with one attached hydrogen (secondary N) is 1. The van der Waals surface area contributed by atoms with Gasteiger partial charge in [0.05, 0.1) is 29.7 Å². The number of anilines is 1. The maximum atomic E-state index is 5.98. The summed E-state index contributed by atoms with van der Waals surface area (Å²) in [4.78, 5) is 4.89. The molecule has 0 saturated carbocycles. The molecule has 0 unspecified atom stereocenters. The number of imidazole rings is 1. The monoisotopic (exact) mass is 369 g/mol. The Morgan fingerprint density at radius 3 is 2.57 bits per heavy atom. The Morgan fingerprint density at radius 2 is 1.71 bits per heavy atom. The molecule has 0 bridgehead atoms. The predicted molar refractivity (Wildman–Crippen MR) is 113 cm³/mol. The van der Waals surface area contributed by atoms with Gasteiger partial charge in [-0.2, -0.15) is 0 Å². The van der Waals surface area contributed by atoms with E-state index in [1.165, 1.54) is 11.1 Å². The second-order valence-electron chi connectivity index (χ2n) is 7.12. The van der Waals surface area contributed by atoms with Gasteiger partial charge in [0.2, 0.25) is 5.95 Å². The van der Waals surface area contributed by atoms with Crippen molar-refractivity contribution in [1.29, 1.82) is 0 Å². The number of ether oxygens (including phenoxy) is 1. The maximum Gasteiger partial charge on any atom is 0.204 e. The van der Waals surface area contributed by atoms with Crippen LogP contribution in [0.25, 0.3) is 11.0 Å². The van der Waals surface area contributed by atoms with E-state index in [1.54, 1.807) is 0 Å². The van der Waals surface area contributed by atoms with Gasteiger partial charge in [0.1, 0.15) is 5.75 Å². The molecule has 1 N–H and O–H groups in total. The first kappa shape index (κ1) is 16.9. The standard InChI is InChI=1S/C24H23N3O/c1-2-28-23-15-9-6-12-18(23)22-16-20(17-10-4-3-5-11-17)26-24-25-19-13-7-8-14-21(19)27(22)24/h3-15,20,22H,2,16H2,1H3,(H,25,26)/t20-,22+/m1/s1. The molecule has 4 nitrogen and oxygen atoms in total. The Balaban J connectivity index is 1.69. The van der Waals surface area contributed by atoms with Crippen molar-refractivity contribution in [3.8, 4) is 5.75 Å². The van der Waals surface area contributed by atoms with Crippen LogP contribution in [0.1, 0.15) is 36.6 Å². The van der Waals surface area contributed by atoms with Crippen molar-refractivity contribution in [1.82, 2.24) is 9.55 Å². The van der Waals surface area contributed by atoms with Gasteiger partial charge in [-0.3, -0.25) is 0 Å². The Kier molecular flexibility index (Phi) is 4.24. The Labute approximate surface area is 164 Å². The lowest BCUT2D eigenvalue weighted by atomic mass is 9.92. The SMILES string of the molecule is CCOc1ccccc1[C@@H]1C[C@H](c2ccccc2)Nc2nc3ccccc3n21. The highest BCUT2D eigenvalue weighted by Crippen LogP contribution is 2.43. The average Bonchev–Trinajstić information content (AvgIpc) is 3.13. The molecule has 2 heterocycles. The molecule has 0 spiro atoms. The van der Waals surface area contributed by atoms with E-state index < -0.39 is 0 Å². The van der Waals surface area contributed by atoms with E-state index >= 15 is 0 Å². The first-order valence-electron chi connectivity index (χ1n) is 9.85. The van der Waals surface area contributed by atoms with Gasteiger partial charge in [0.25, 0.3) is 0 Å². The molecule has 4 aromatic rings. The second kappa shape index (κ2) is 7.04. The van der Waals surface area contributed by atoms with Crippen LogP contribution in [-0.4, -0.2) is 16.2 Å². The number of aromatic nitrogens is 2. The van der Waals surface area contributed by atoms with Crippen molar-refractivity contribution in [2.45, 2.75) is 25.4 Å². The summed E-state index contributed by atoms with van der Waals surface area (Å²) in [7, 11) is 0. The van der Waals surface area contributed by atoms with Crippen LogP contribution in [0.5, 0.6) is 5.75 Å². The van der Waals surface area contributed by atoms with Crippen LogP contribution < -0.4 is 10.1 Å². The zero-order valence-electron chi connectivity index (χ0n) is 15.9. The lowest BCUT2D eigenvalue weighted by molar-refractivity contribution is 0.329. The smallest absolute Gasteiger partial charge is 0.204 e. The molecule has 5 rings (SSSR count). The first-order chi connectivity index (χ1) is 13.8. The van der Waals surface area contributed by atoms with E-state index in [9.17, 15) is 0 Å². The van der Waals surface area contributed by atoms with Crippen molar-refractivity contribution < 1.29 is 4.74 Å². The predicted octanol–water partition coefficient (Wildman–Crippen LogP) is 5.58. The number of para-hydroxylation sites is 3. The van der Waals surface area contributed by atoms with E-state index in [-0.39, 0.29) is 12.1 Å². The van der Waals surface area contributed by atoms with Gasteiger partial charge in [0.15, 0.2) is 0 Å². The molecule has 0 aliphatic carbocycles. The molecule has 0 fully saturated rings. The molecule has 0 saturated heterocycles. The molecule has 1 aliphatic heterocycles. The fourth-order valence-electron chi connectivity index (χ4n) is 4.22. The van der Waals surface area contributed by atoms with Crippen LogP contribution in [-0.2, 0) is 0 Å². The maximum absolute atomic E-state index is 5.98. The Morgan fingerprint density at radius 1 is 0.964 bits per heavy atom. The fraction of sp³-hybridized carbons (Fsp3) is 0.208. The number of fused-ring (bicyclic) bond motifs is 3. The van der Waals surface area contributed by atoms with Gasteiger partial charge < -0.3 is 14.6 Å². The van der Waals surface area contributed by atoms with E-state index in [4.69, 9.17) is 9.72 Å². The summed E-state index contributed by atoms with van der Waals surface area (Å²) in [5, 5.41) is 3.66. The van der Waals surface area contributed by atoms with Crippen LogP contribution in [0.2, 0.25) is 0 Å². The number of nitrogens with zero attached hydrogens (tertiary/aromatic N) is 2. The summed E-state index contributed by atoms with van der Waals surface area (Å²) < 4.78 is 8.31. The molecule has 0 amide bonds. The van der Waals surface area contributed by atoms with Crippen LogP contribution in [0.15, 0.2) is 78.9 Å². The summed E-state index contributed by atoms with van der Waals surface area (Å²) in [5.41, 5.74) is 4.64. The highest BCUT2D eigenvalue weighted by atomic mass is 16.5. The molecule has 2 atom stereocenters. The summed E-state index contributed by atoms with van der Waals surface area (Å²) in [6.45, 7) is 2.69. The minimum atomic E-state index is 0.150. The number of hydrogen-bond acceptors (Lipinski definition) is 3. The highest BCUT2D eigenvalue weighted by Gasteiger charge is 2.32. The zero-order valence-corrected chi connectivity index (χ0v) is 15.9. The number of rotatable bonds is 4. The van der Waals surface area contributed by atoms with Crippen LogP contribution >= 0.6 is 0 Å². The molecular formula is C24H23N3O. The van der Waals surface area contributed by atoms with E-state index in [0.29, 0.717) is 6.61 Å². The highest BCUT2D eigenvalue weighted by molar-refractivity contribution is 5.79. The van der Waals surface area contributed by atoms with Gasteiger partial charge in [-0.25, -0.2) is 4.98 Å². The average molecular weight is 369 g/mol. The molecular weight excluding hydrogens is 346 g/mol. The molecule has 3 aromatic carbocycles. The van der Waals surface area contributed by atoms with Crippen LogP contribution in [0.4, 0.5) is 5.95 Å². The lowest BCUT2D eigenvalue weighted by Crippen LogP contribution is -2.27. The summed E-state index contributed by atoms with van der Waals surface area (Å²) in [5.74, 6) is 1.87. The third-order valence-electron chi connectivity index (χ3n) is 5.45. The molecule has 0 radical (unpaired) electrons. The fourth-order valence-corrected chi connectivity index (χ4v) is 4.22. The van der Waals surface area contributed by atoms with Gasteiger partial charge in [0, 0.05) is 5.56 Å². The van der Waals surface area contributed by atoms with Crippen molar-refractivity contribution in [2.24, 2.45) is 0 Å². The zero-order chi connectivity index (χ0) is 18.9. The normalized spacial score (nSPS) is 18.5. The quantitative estimate of drug-likeness (QED) is 0.510. The Bertz CT molecular complexity index is 1100. The molecule has 140 valence electrons. The third-order valence-corrected chi connectivity index (χ3v) is 5.45. The van der Waals surface area contributed by atoms with Crippen molar-refractivity contribution in [2.75, 3.05) is 11.9 Å². The Hall–Kier alpha value is -3.27. The van der Waals surface area contributed by atoms with Crippen LogP contribution in [0.3, 0.4) is 0 Å². The molecule has 4 heteroatoms. The largest absolute Gasteiger partial charge is 0.494 e. The van der Waals surface area contributed by atoms with E-state index in [0.717, 1.165) is 29.2 Å². The minimum absolute atomic E-state index is 0.150. The van der Waals surface area contributed by atoms with Gasteiger partial charge in [-0.1, -0.05) is 60.7 Å². The van der Waals surface area contributed by atoms with E-state index in [2.05, 4.69) is 76.6 Å². The van der Waals surface area contributed by atoms with Gasteiger partial charge >= 0.3 is 0 Å². The summed E-state index contributed by atoms with van der Waals surface area (Å²) in [6.07, 6.45) is 0.932. The molecule has 1 aromatic heterocycles. The van der Waals surface area contributed by atoms with Crippen molar-refractivity contribution >= 4 is 17.0 Å². The number of benzene rings is 3. The first-order valence-corrected chi connectivity index (χ1v) is 9.85. The van der Waals surface area contributed by atoms with Crippen LogP contribution in [0, 0.1) is 0 Å². The molecule has 28 heavy (non-hydrogen) atoms. The third kappa shape index (κ3) is 2.82. The van der Waals surface area contributed by atoms with Crippen molar-refractivity contribution in [3.05, 3.63) is 90.0 Å². The summed E-state index contributed by atoms with van der Waals surface area (Å²) in [6, 6.07) is 27.7. The summed E-state index contributed by atoms with van der Waals surface area (Å²) >= 11 is 0. The lowest BCUT2D eigenvalue weighted by Gasteiger charge is -2.34. The van der Waals surface area contributed by atoms with Crippen molar-refractivity contribution in [3.63, 3.8) is 0 Å². The van der Waals surface area contributed by atoms with E-state index in [1.807, 2.05) is 19.1 Å². The van der Waals surface area contributed by atoms with Gasteiger partial charge in [-0.05, 0) is 37.1 Å². The minimum Gasteiger partial charge on any atom is -0.494 e. The topological polar surface area (TPSA) is 39.1 Å². The van der Waals surface area contributed by atoms with Gasteiger partial charge in [-0.15, -0.1) is 0 Å².